The summed E-state index contributed by atoms with van der Waals surface area (Å²) < 4.78 is 0. The zero-order chi connectivity index (χ0) is 22.5. The Morgan fingerprint density at radius 3 is 2.78 bits per heavy atom. The summed E-state index contributed by atoms with van der Waals surface area (Å²) >= 11 is 0. The van der Waals surface area contributed by atoms with Gasteiger partial charge in [0.05, 0.1) is 23.0 Å². The molecule has 7 nitrogen and oxygen atoms in total. The first-order valence-electron chi connectivity index (χ1n) is 11.8. The van der Waals surface area contributed by atoms with Crippen LogP contribution in [0.15, 0.2) is 42.6 Å². The smallest absolute Gasteiger partial charge is 0.259 e. The molecule has 4 rings (SSSR count). The monoisotopic (exact) mass is 435 g/mol. The van der Waals surface area contributed by atoms with E-state index in [4.69, 9.17) is 0 Å². The maximum atomic E-state index is 14.2. The molecule has 2 aliphatic heterocycles. The number of hydrogen-bond donors (Lipinski definition) is 2. The van der Waals surface area contributed by atoms with Gasteiger partial charge in [0, 0.05) is 6.20 Å². The van der Waals surface area contributed by atoms with Crippen LogP contribution in [0.5, 0.6) is 0 Å². The highest BCUT2D eigenvalue weighted by Gasteiger charge is 2.37. The van der Waals surface area contributed by atoms with Crippen molar-refractivity contribution in [3.8, 4) is 0 Å². The van der Waals surface area contributed by atoms with E-state index in [2.05, 4.69) is 34.4 Å². The molecule has 1 aromatic heterocycles. The fraction of sp³-hybridized carbons (Fsp3) is 0.480. The molecule has 2 aromatic rings. The average molecular weight is 436 g/mol. The topological polar surface area (TPSA) is 77.6 Å². The molecule has 2 amide bonds. The number of pyridine rings is 1. The maximum absolute atomic E-state index is 14.2. The first-order chi connectivity index (χ1) is 15.6. The van der Waals surface area contributed by atoms with Crippen LogP contribution in [0.25, 0.3) is 0 Å². The minimum atomic E-state index is -0.316. The fourth-order valence-corrected chi connectivity index (χ4v) is 4.80. The molecule has 2 unspecified atom stereocenters. The second-order valence-corrected chi connectivity index (χ2v) is 8.52. The first-order valence-corrected chi connectivity index (χ1v) is 11.8. The van der Waals surface area contributed by atoms with Crippen LogP contribution in [-0.4, -0.2) is 53.9 Å². The Hall–Kier alpha value is -2.77. The van der Waals surface area contributed by atoms with Crippen LogP contribution in [0.2, 0.25) is 0 Å². The van der Waals surface area contributed by atoms with Gasteiger partial charge in [0.2, 0.25) is 5.91 Å². The number of nitrogens with one attached hydrogen (secondary N) is 2. The minimum Gasteiger partial charge on any atom is -0.320 e. The van der Waals surface area contributed by atoms with E-state index in [0.29, 0.717) is 22.8 Å². The Labute approximate surface area is 190 Å². The molecule has 0 spiro atoms. The molecule has 170 valence electrons. The van der Waals surface area contributed by atoms with Gasteiger partial charge in [-0.25, -0.2) is 4.98 Å². The Bertz CT molecular complexity index is 959. The second kappa shape index (κ2) is 10.2. The molecular formula is C25H33N5O2. The molecule has 32 heavy (non-hydrogen) atoms. The number of carbonyl (C=O) groups is 2. The minimum absolute atomic E-state index is 0.0413. The summed E-state index contributed by atoms with van der Waals surface area (Å²) in [7, 11) is 0. The Morgan fingerprint density at radius 1 is 1.16 bits per heavy atom. The first kappa shape index (κ1) is 22.4. The van der Waals surface area contributed by atoms with Crippen molar-refractivity contribution in [2.45, 2.75) is 45.6 Å². The van der Waals surface area contributed by atoms with E-state index in [1.165, 1.54) is 0 Å². The van der Waals surface area contributed by atoms with Crippen molar-refractivity contribution < 1.29 is 9.59 Å². The van der Waals surface area contributed by atoms with Crippen LogP contribution < -0.4 is 15.5 Å². The van der Waals surface area contributed by atoms with Crippen molar-refractivity contribution in [3.05, 3.63) is 48.2 Å². The largest absolute Gasteiger partial charge is 0.320 e. The predicted octanol–water partition coefficient (Wildman–Crippen LogP) is 3.80. The van der Waals surface area contributed by atoms with Crippen molar-refractivity contribution in [3.63, 3.8) is 0 Å². The third kappa shape index (κ3) is 4.54. The van der Waals surface area contributed by atoms with Crippen molar-refractivity contribution in [2.75, 3.05) is 36.4 Å². The highest BCUT2D eigenvalue weighted by molar-refractivity contribution is 6.17. The summed E-state index contributed by atoms with van der Waals surface area (Å²) in [5.41, 5.74) is 1.69. The van der Waals surface area contributed by atoms with Crippen LogP contribution in [0.3, 0.4) is 0 Å². The number of benzene rings is 1. The summed E-state index contributed by atoms with van der Waals surface area (Å²) in [6.07, 6.45) is 5.81. The number of carbonyl (C=O) groups excluding carboxylic acids is 2. The third-order valence-corrected chi connectivity index (χ3v) is 6.67. The Kier molecular flexibility index (Phi) is 7.17. The summed E-state index contributed by atoms with van der Waals surface area (Å²) in [4.78, 5) is 35.6. The van der Waals surface area contributed by atoms with E-state index < -0.39 is 0 Å². The van der Waals surface area contributed by atoms with Crippen molar-refractivity contribution >= 4 is 29.0 Å². The number of rotatable bonds is 6. The normalized spacial score (nSPS) is 20.7. The maximum Gasteiger partial charge on any atom is 0.259 e. The van der Waals surface area contributed by atoms with Crippen LogP contribution in [0.4, 0.5) is 17.2 Å². The zero-order valence-electron chi connectivity index (χ0n) is 19.0. The Balaban J connectivity index is 1.71. The van der Waals surface area contributed by atoms with Crippen molar-refractivity contribution in [2.24, 2.45) is 5.92 Å². The number of anilines is 3. The lowest BCUT2D eigenvalue weighted by molar-refractivity contribution is -0.121. The highest BCUT2D eigenvalue weighted by Crippen LogP contribution is 2.38. The molecule has 7 heteroatoms. The summed E-state index contributed by atoms with van der Waals surface area (Å²) in [6, 6.07) is 10.6. The predicted molar refractivity (Wildman–Crippen MR) is 127 cm³/mol. The lowest BCUT2D eigenvalue weighted by atomic mass is 9.90. The molecule has 0 bridgehead atoms. The lowest BCUT2D eigenvalue weighted by Gasteiger charge is -2.32. The number of aromatic nitrogens is 1. The van der Waals surface area contributed by atoms with Gasteiger partial charge >= 0.3 is 0 Å². The fourth-order valence-electron chi connectivity index (χ4n) is 4.80. The zero-order valence-corrected chi connectivity index (χ0v) is 19.0. The number of amides is 2. The summed E-state index contributed by atoms with van der Waals surface area (Å²) in [5, 5.41) is 6.48. The molecule has 2 aliphatic rings. The van der Waals surface area contributed by atoms with Gasteiger partial charge in [-0.1, -0.05) is 32.4 Å². The van der Waals surface area contributed by atoms with Gasteiger partial charge in [-0.3, -0.25) is 14.5 Å². The number of para-hydroxylation sites is 2. The summed E-state index contributed by atoms with van der Waals surface area (Å²) in [6.45, 7) is 8.19. The standard InChI is InChI=1S/C25H33N5O2/c1-3-29(4-2)17-14-18-10-7-8-15-26-22(18)25(32)30-21-13-6-5-12-20(21)28-24(31)19-11-9-16-27-23(19)30/h5-6,9,11-13,16,18,22,26H,3-4,7-8,10,14-15,17H2,1-2H3,(H,28,31). The molecule has 2 N–H and O–H groups in total. The van der Waals surface area contributed by atoms with Gasteiger partial charge in [0.25, 0.3) is 5.91 Å². The molecule has 3 heterocycles. The number of hydrogen-bond acceptors (Lipinski definition) is 5. The SMILES string of the molecule is CCN(CC)CCC1CCCCNC1C(=O)N1c2ccccc2NC(=O)c2cccnc21. The number of nitrogens with zero attached hydrogens (tertiary/aromatic N) is 3. The quantitative estimate of drug-likeness (QED) is 0.722. The molecule has 0 radical (unpaired) electrons. The van der Waals surface area contributed by atoms with E-state index in [-0.39, 0.29) is 23.8 Å². The van der Waals surface area contributed by atoms with Crippen LogP contribution in [0.1, 0.15) is 49.9 Å². The van der Waals surface area contributed by atoms with E-state index in [1.807, 2.05) is 24.3 Å². The van der Waals surface area contributed by atoms with E-state index in [1.54, 1.807) is 23.2 Å². The highest BCUT2D eigenvalue weighted by atomic mass is 16.2. The van der Waals surface area contributed by atoms with Gasteiger partial charge in [0.1, 0.15) is 0 Å². The van der Waals surface area contributed by atoms with Crippen LogP contribution >= 0.6 is 0 Å². The van der Waals surface area contributed by atoms with Gasteiger partial charge in [-0.15, -0.1) is 0 Å². The second-order valence-electron chi connectivity index (χ2n) is 8.52. The molecule has 1 saturated heterocycles. The number of fused-ring (bicyclic) bond motifs is 2. The molecule has 0 saturated carbocycles. The molecule has 2 atom stereocenters. The van der Waals surface area contributed by atoms with E-state index in [0.717, 1.165) is 51.9 Å². The molecule has 1 fully saturated rings. The molecule has 0 aliphatic carbocycles. The van der Waals surface area contributed by atoms with Crippen molar-refractivity contribution in [1.29, 1.82) is 0 Å². The van der Waals surface area contributed by atoms with Gasteiger partial charge in [-0.2, -0.15) is 0 Å². The Morgan fingerprint density at radius 2 is 1.97 bits per heavy atom. The molecular weight excluding hydrogens is 402 g/mol. The van der Waals surface area contributed by atoms with E-state index in [9.17, 15) is 9.59 Å². The summed E-state index contributed by atoms with van der Waals surface area (Å²) in [5.74, 6) is 0.341. The van der Waals surface area contributed by atoms with Gasteiger partial charge < -0.3 is 15.5 Å². The van der Waals surface area contributed by atoms with Crippen LogP contribution in [0, 0.1) is 5.92 Å². The third-order valence-electron chi connectivity index (χ3n) is 6.67. The van der Waals surface area contributed by atoms with Crippen molar-refractivity contribution in [1.82, 2.24) is 15.2 Å². The van der Waals surface area contributed by atoms with E-state index >= 15 is 0 Å². The lowest BCUT2D eigenvalue weighted by Crippen LogP contribution is -2.49. The van der Waals surface area contributed by atoms with Gasteiger partial charge in [-0.05, 0) is 75.6 Å². The average Bonchev–Trinajstić information content (AvgIpc) is 3.13. The molecule has 1 aromatic carbocycles. The van der Waals surface area contributed by atoms with Gasteiger partial charge in [0.15, 0.2) is 5.82 Å². The van der Waals surface area contributed by atoms with Crippen LogP contribution in [-0.2, 0) is 4.79 Å².